The van der Waals surface area contributed by atoms with Gasteiger partial charge < -0.3 is 9.40 Å². The molecular formula is C19H16N4O3S2. The first-order valence-corrected chi connectivity index (χ1v) is 9.62. The Morgan fingerprint density at radius 2 is 1.86 bits per heavy atom. The summed E-state index contributed by atoms with van der Waals surface area (Å²) in [5.41, 5.74) is 2.99. The number of aryl methyl sites for hydroxylation is 1. The largest absolute Gasteiger partial charge is 0.450 e. The number of hydrogen-bond acceptors (Lipinski definition) is 6. The van der Waals surface area contributed by atoms with E-state index in [1.807, 2.05) is 25.1 Å². The molecule has 0 spiro atoms. The Bertz CT molecular complexity index is 1140. The highest BCUT2D eigenvalue weighted by Crippen LogP contribution is 2.30. The van der Waals surface area contributed by atoms with Crippen molar-refractivity contribution in [2.45, 2.75) is 17.2 Å². The van der Waals surface area contributed by atoms with Crippen molar-refractivity contribution in [2.75, 3.05) is 14.1 Å². The van der Waals surface area contributed by atoms with Gasteiger partial charge in [0.05, 0.1) is 11.0 Å². The Hall–Kier alpha value is -2.91. The molecule has 1 fully saturated rings. The van der Waals surface area contributed by atoms with Crippen LogP contribution in [0.25, 0.3) is 17.1 Å². The molecule has 1 aliphatic rings. The van der Waals surface area contributed by atoms with E-state index in [0.29, 0.717) is 16.0 Å². The van der Waals surface area contributed by atoms with Gasteiger partial charge in [0, 0.05) is 14.1 Å². The smallest absolute Gasteiger partial charge is 0.265 e. The number of fused-ring (bicyclic) bond motifs is 1. The van der Waals surface area contributed by atoms with E-state index in [4.69, 9.17) is 16.6 Å². The van der Waals surface area contributed by atoms with Gasteiger partial charge in [0.25, 0.3) is 11.8 Å². The molecule has 1 aliphatic heterocycles. The number of rotatable bonds is 3. The van der Waals surface area contributed by atoms with E-state index in [-0.39, 0.29) is 10.7 Å². The first-order chi connectivity index (χ1) is 13.3. The fourth-order valence-electron chi connectivity index (χ4n) is 2.83. The van der Waals surface area contributed by atoms with Crippen molar-refractivity contribution in [1.29, 1.82) is 0 Å². The van der Waals surface area contributed by atoms with Crippen LogP contribution in [0.2, 0.25) is 0 Å². The van der Waals surface area contributed by atoms with Crippen molar-refractivity contribution in [3.63, 3.8) is 0 Å². The molecule has 3 aromatic rings. The molecule has 0 radical (unpaired) electrons. The molecular weight excluding hydrogens is 396 g/mol. The van der Waals surface area contributed by atoms with Crippen LogP contribution in [0.3, 0.4) is 0 Å². The molecule has 2 aromatic heterocycles. The molecule has 7 nitrogen and oxygen atoms in total. The van der Waals surface area contributed by atoms with Crippen molar-refractivity contribution < 1.29 is 14.0 Å². The number of likely N-dealkylation sites (N-methyl/N-ethyl adjacent to an activating group) is 2. The van der Waals surface area contributed by atoms with E-state index >= 15 is 0 Å². The van der Waals surface area contributed by atoms with Crippen LogP contribution in [0.15, 0.2) is 50.6 Å². The second kappa shape index (κ2) is 6.92. The Balaban J connectivity index is 1.58. The second-order valence-corrected chi connectivity index (χ2v) is 7.75. The highest BCUT2D eigenvalue weighted by atomic mass is 32.2. The number of amides is 2. The van der Waals surface area contributed by atoms with Gasteiger partial charge in [-0.05, 0) is 66.8 Å². The molecule has 2 amide bonds. The zero-order chi connectivity index (χ0) is 20.0. The normalized spacial score (nSPS) is 15.1. The van der Waals surface area contributed by atoms with Crippen molar-refractivity contribution in [1.82, 2.24) is 19.8 Å². The van der Waals surface area contributed by atoms with Gasteiger partial charge in [0.15, 0.2) is 15.4 Å². The summed E-state index contributed by atoms with van der Waals surface area (Å²) >= 11 is 6.41. The lowest BCUT2D eigenvalue weighted by atomic mass is 10.1. The maximum Gasteiger partial charge on any atom is 0.265 e. The third-order valence-corrected chi connectivity index (χ3v) is 5.70. The topological polar surface area (TPSA) is 82.4 Å². The van der Waals surface area contributed by atoms with Crippen LogP contribution in [0.5, 0.6) is 0 Å². The minimum Gasteiger partial charge on any atom is -0.450 e. The minimum atomic E-state index is -0.452. The van der Waals surface area contributed by atoms with Crippen LogP contribution in [0.4, 0.5) is 0 Å². The van der Waals surface area contributed by atoms with Crippen molar-refractivity contribution in [3.8, 4) is 0 Å². The average molecular weight is 412 g/mol. The summed E-state index contributed by atoms with van der Waals surface area (Å²) in [4.78, 5) is 35.1. The quantitative estimate of drug-likeness (QED) is 0.404. The predicted molar refractivity (Wildman–Crippen MR) is 110 cm³/mol. The van der Waals surface area contributed by atoms with Crippen molar-refractivity contribution in [3.05, 3.63) is 47.2 Å². The molecule has 28 heavy (non-hydrogen) atoms. The number of nitrogens with one attached hydrogen (secondary N) is 1. The third kappa shape index (κ3) is 3.23. The summed E-state index contributed by atoms with van der Waals surface area (Å²) in [6, 6.07) is 9.47. The van der Waals surface area contributed by atoms with Crippen LogP contribution in [-0.4, -0.2) is 50.8 Å². The number of aromatic amines is 1. The lowest BCUT2D eigenvalue weighted by Crippen LogP contribution is -2.52. The molecule has 0 saturated carbocycles. The first-order valence-electron chi connectivity index (χ1n) is 8.39. The highest BCUT2D eigenvalue weighted by molar-refractivity contribution is 7.99. The van der Waals surface area contributed by atoms with Gasteiger partial charge in [0.2, 0.25) is 0 Å². The Morgan fingerprint density at radius 1 is 1.14 bits per heavy atom. The van der Waals surface area contributed by atoms with Crippen molar-refractivity contribution >= 4 is 58.0 Å². The van der Waals surface area contributed by atoms with Gasteiger partial charge in [-0.3, -0.25) is 19.4 Å². The maximum atomic E-state index is 12.4. The lowest BCUT2D eigenvalue weighted by molar-refractivity contribution is -0.132. The monoisotopic (exact) mass is 412 g/mol. The molecule has 0 aliphatic carbocycles. The van der Waals surface area contributed by atoms with Crippen LogP contribution in [0.1, 0.15) is 11.3 Å². The van der Waals surface area contributed by atoms with E-state index in [9.17, 15) is 9.59 Å². The van der Waals surface area contributed by atoms with Gasteiger partial charge in [-0.1, -0.05) is 6.07 Å². The van der Waals surface area contributed by atoms with Gasteiger partial charge in [-0.25, -0.2) is 4.98 Å². The zero-order valence-electron chi connectivity index (χ0n) is 15.3. The van der Waals surface area contributed by atoms with Crippen molar-refractivity contribution in [2.24, 2.45) is 0 Å². The van der Waals surface area contributed by atoms with E-state index in [0.717, 1.165) is 16.6 Å². The summed E-state index contributed by atoms with van der Waals surface area (Å²) in [6.45, 7) is 2.02. The van der Waals surface area contributed by atoms with Gasteiger partial charge >= 0.3 is 0 Å². The number of thiocarbonyl (C=S) groups is 1. The number of furan rings is 1. The molecule has 9 heteroatoms. The minimum absolute atomic E-state index is 0.00344. The second-order valence-electron chi connectivity index (χ2n) is 6.39. The summed E-state index contributed by atoms with van der Waals surface area (Å²) < 4.78 is 5.76. The van der Waals surface area contributed by atoms with E-state index in [1.165, 1.54) is 41.7 Å². The molecule has 0 atom stereocenters. The summed E-state index contributed by atoms with van der Waals surface area (Å²) in [6.07, 6.45) is 1.44. The van der Waals surface area contributed by atoms with Gasteiger partial charge in [-0.2, -0.15) is 0 Å². The zero-order valence-corrected chi connectivity index (χ0v) is 17.0. The number of carbonyl (C=O) groups excluding carboxylic acids is 2. The molecule has 142 valence electrons. The Labute approximate surface area is 170 Å². The predicted octanol–water partition coefficient (Wildman–Crippen LogP) is 3.21. The molecule has 1 N–H and O–H groups in total. The number of aromatic nitrogens is 2. The van der Waals surface area contributed by atoms with E-state index in [2.05, 4.69) is 9.97 Å². The number of carbonyl (C=O) groups is 2. The summed E-state index contributed by atoms with van der Waals surface area (Å²) in [5, 5.41) is 1.46. The molecule has 4 rings (SSSR count). The molecule has 1 saturated heterocycles. The highest BCUT2D eigenvalue weighted by Gasteiger charge is 2.35. The summed E-state index contributed by atoms with van der Waals surface area (Å²) in [7, 11) is 3.07. The summed E-state index contributed by atoms with van der Waals surface area (Å²) in [5.74, 6) is -0.501. The Morgan fingerprint density at radius 3 is 2.57 bits per heavy atom. The maximum absolute atomic E-state index is 12.4. The van der Waals surface area contributed by atoms with Gasteiger partial charge in [0.1, 0.15) is 11.3 Å². The molecule has 0 unspecified atom stereocenters. The van der Waals surface area contributed by atoms with Crippen LogP contribution in [0, 0.1) is 6.92 Å². The fourth-order valence-corrected chi connectivity index (χ4v) is 3.76. The average Bonchev–Trinajstić information content (AvgIpc) is 3.28. The van der Waals surface area contributed by atoms with Gasteiger partial charge in [-0.15, -0.1) is 0 Å². The lowest BCUT2D eigenvalue weighted by Gasteiger charge is -2.31. The van der Waals surface area contributed by atoms with Crippen LogP contribution < -0.4 is 0 Å². The molecule has 0 bridgehead atoms. The van der Waals surface area contributed by atoms with Crippen LogP contribution >= 0.6 is 24.0 Å². The number of imidazole rings is 1. The standard InChI is InChI=1S/C19H16N4O3S2/c1-10-4-6-13-14(8-10)21-18(20-13)28-15-7-5-11(26-15)9-12-16(24)22(2)19(27)23(3)17(12)25/h4-9H,1-3H3,(H,20,21). The molecule has 3 heterocycles. The fraction of sp³-hybridized carbons (Fsp3) is 0.158. The number of H-pyrrole nitrogens is 1. The number of hydrogen-bond donors (Lipinski definition) is 1. The van der Waals surface area contributed by atoms with E-state index in [1.54, 1.807) is 12.1 Å². The Kier molecular flexibility index (Phi) is 4.56. The number of nitrogens with zero attached hydrogens (tertiary/aromatic N) is 3. The van der Waals surface area contributed by atoms with E-state index < -0.39 is 11.8 Å². The molecule has 1 aromatic carbocycles. The number of benzene rings is 1. The first kappa shape index (κ1) is 18.5. The SMILES string of the molecule is Cc1ccc2nc(Sc3ccc(C=C4C(=O)N(C)C(=S)N(C)C4=O)o3)[nH]c2c1. The van der Waals surface area contributed by atoms with Crippen LogP contribution in [-0.2, 0) is 9.59 Å². The third-order valence-electron chi connectivity index (χ3n) is 4.35.